The van der Waals surface area contributed by atoms with E-state index in [0.717, 1.165) is 6.07 Å². The molecule has 5 nitrogen and oxygen atoms in total. The van der Waals surface area contributed by atoms with Gasteiger partial charge in [-0.1, -0.05) is 12.1 Å². The van der Waals surface area contributed by atoms with Gasteiger partial charge in [0.2, 0.25) is 5.91 Å². The number of anilines is 3. The fourth-order valence-electron chi connectivity index (χ4n) is 2.27. The Balaban J connectivity index is 2.06. The van der Waals surface area contributed by atoms with E-state index in [1.165, 1.54) is 17.0 Å². The van der Waals surface area contributed by atoms with Gasteiger partial charge < -0.3 is 11.1 Å². The zero-order valence-corrected chi connectivity index (χ0v) is 11.0. The van der Waals surface area contributed by atoms with Gasteiger partial charge in [-0.3, -0.25) is 14.5 Å². The van der Waals surface area contributed by atoms with Crippen LogP contribution in [0.25, 0.3) is 0 Å². The van der Waals surface area contributed by atoms with Crippen LogP contribution in [0.5, 0.6) is 0 Å². The Morgan fingerprint density at radius 1 is 1.24 bits per heavy atom. The van der Waals surface area contributed by atoms with Gasteiger partial charge in [-0.25, -0.2) is 4.39 Å². The predicted octanol–water partition coefficient (Wildman–Crippen LogP) is 2.01. The second kappa shape index (κ2) is 4.90. The van der Waals surface area contributed by atoms with Gasteiger partial charge >= 0.3 is 0 Å². The summed E-state index contributed by atoms with van der Waals surface area (Å²) in [4.78, 5) is 25.5. The third-order valence-electron chi connectivity index (χ3n) is 3.24. The molecule has 2 aromatic rings. The lowest BCUT2D eigenvalue weighted by molar-refractivity contribution is -0.115. The number of benzene rings is 2. The number of fused-ring (bicyclic) bond motifs is 1. The molecular formula is C15H12FN3O2. The molecule has 0 radical (unpaired) electrons. The minimum absolute atomic E-state index is 0.153. The molecule has 3 rings (SSSR count). The highest BCUT2D eigenvalue weighted by atomic mass is 19.1. The number of nitrogens with zero attached hydrogens (tertiary/aromatic N) is 1. The van der Waals surface area contributed by atoms with Crippen molar-refractivity contribution in [3.63, 3.8) is 0 Å². The number of nitrogens with two attached hydrogens (primary N) is 1. The van der Waals surface area contributed by atoms with E-state index >= 15 is 0 Å². The summed E-state index contributed by atoms with van der Waals surface area (Å²) in [5.41, 5.74) is 6.78. The largest absolute Gasteiger partial charge is 0.399 e. The molecule has 3 N–H and O–H groups in total. The van der Waals surface area contributed by atoms with Crippen LogP contribution in [0, 0.1) is 5.82 Å². The Hall–Kier alpha value is -2.89. The number of halogens is 1. The van der Waals surface area contributed by atoms with Crippen LogP contribution in [0.2, 0.25) is 0 Å². The number of carbonyl (C=O) groups is 2. The first-order chi connectivity index (χ1) is 10.1. The van der Waals surface area contributed by atoms with E-state index in [9.17, 15) is 14.0 Å². The fraction of sp³-hybridized carbons (Fsp3) is 0.0667. The first-order valence-electron chi connectivity index (χ1n) is 6.32. The summed E-state index contributed by atoms with van der Waals surface area (Å²) in [6, 6.07) is 10.6. The number of carbonyl (C=O) groups excluding carboxylic acids is 2. The number of hydrogen-bond donors (Lipinski definition) is 2. The summed E-state index contributed by atoms with van der Waals surface area (Å²) in [5, 5.41) is 2.67. The minimum Gasteiger partial charge on any atom is -0.399 e. The van der Waals surface area contributed by atoms with Gasteiger partial charge in [0.05, 0.1) is 16.9 Å². The Kier molecular flexibility index (Phi) is 3.06. The molecule has 1 aliphatic heterocycles. The molecule has 106 valence electrons. The first kappa shape index (κ1) is 13.1. The van der Waals surface area contributed by atoms with Gasteiger partial charge in [-0.15, -0.1) is 0 Å². The molecule has 0 bridgehead atoms. The lowest BCUT2D eigenvalue weighted by Gasteiger charge is -2.29. The second-order valence-corrected chi connectivity index (χ2v) is 4.70. The highest BCUT2D eigenvalue weighted by Gasteiger charge is 2.28. The van der Waals surface area contributed by atoms with Crippen molar-refractivity contribution in [3.8, 4) is 0 Å². The van der Waals surface area contributed by atoms with Crippen LogP contribution in [0.1, 0.15) is 10.4 Å². The third kappa shape index (κ3) is 2.31. The molecule has 0 unspecified atom stereocenters. The van der Waals surface area contributed by atoms with Crippen molar-refractivity contribution >= 4 is 28.9 Å². The molecule has 0 spiro atoms. The Morgan fingerprint density at radius 2 is 2.00 bits per heavy atom. The van der Waals surface area contributed by atoms with Crippen molar-refractivity contribution < 1.29 is 14.0 Å². The van der Waals surface area contributed by atoms with Crippen molar-refractivity contribution in [2.45, 2.75) is 0 Å². The smallest absolute Gasteiger partial charge is 0.261 e. The molecule has 0 fully saturated rings. The average molecular weight is 285 g/mol. The van der Waals surface area contributed by atoms with Gasteiger partial charge in [0.1, 0.15) is 12.4 Å². The Labute approximate surface area is 120 Å². The molecule has 2 amide bonds. The quantitative estimate of drug-likeness (QED) is 0.787. The van der Waals surface area contributed by atoms with E-state index < -0.39 is 11.7 Å². The van der Waals surface area contributed by atoms with E-state index in [1.54, 1.807) is 24.3 Å². The van der Waals surface area contributed by atoms with Crippen LogP contribution in [-0.4, -0.2) is 18.4 Å². The van der Waals surface area contributed by atoms with Gasteiger partial charge in [0.15, 0.2) is 0 Å². The summed E-state index contributed by atoms with van der Waals surface area (Å²) in [6.07, 6.45) is 0. The molecule has 21 heavy (non-hydrogen) atoms. The SMILES string of the molecule is Nc1ccc(F)c(C(=O)N2CC(=O)Nc3ccccc32)c1. The maximum atomic E-state index is 13.8. The second-order valence-electron chi connectivity index (χ2n) is 4.70. The van der Waals surface area contributed by atoms with Crippen LogP contribution < -0.4 is 16.0 Å². The molecule has 0 aromatic heterocycles. The zero-order chi connectivity index (χ0) is 15.0. The van der Waals surface area contributed by atoms with Crippen LogP contribution >= 0.6 is 0 Å². The highest BCUT2D eigenvalue weighted by Crippen LogP contribution is 2.30. The Bertz CT molecular complexity index is 745. The van der Waals surface area contributed by atoms with Crippen molar-refractivity contribution in [2.75, 3.05) is 22.5 Å². The van der Waals surface area contributed by atoms with Gasteiger partial charge in [-0.05, 0) is 30.3 Å². The molecule has 0 atom stereocenters. The molecular weight excluding hydrogens is 273 g/mol. The van der Waals surface area contributed by atoms with E-state index in [1.807, 2.05) is 0 Å². The van der Waals surface area contributed by atoms with Crippen molar-refractivity contribution in [1.82, 2.24) is 0 Å². The fourth-order valence-corrected chi connectivity index (χ4v) is 2.27. The standard InChI is InChI=1S/C15H12FN3O2/c16-11-6-5-9(17)7-10(11)15(21)19-8-14(20)18-12-3-1-2-4-13(12)19/h1-7H,8,17H2,(H,18,20). The summed E-state index contributed by atoms with van der Waals surface area (Å²) in [6.45, 7) is -0.163. The van der Waals surface area contributed by atoms with E-state index in [0.29, 0.717) is 11.4 Å². The number of nitrogen functional groups attached to an aromatic ring is 1. The normalized spacial score (nSPS) is 13.6. The zero-order valence-electron chi connectivity index (χ0n) is 11.0. The number of rotatable bonds is 1. The Morgan fingerprint density at radius 3 is 2.81 bits per heavy atom. The van der Waals surface area contributed by atoms with Crippen molar-refractivity contribution in [2.24, 2.45) is 0 Å². The summed E-state index contributed by atoms with van der Waals surface area (Å²) in [5.74, 6) is -1.59. The average Bonchev–Trinajstić information content (AvgIpc) is 2.48. The van der Waals surface area contributed by atoms with Gasteiger partial charge in [0, 0.05) is 5.69 Å². The van der Waals surface area contributed by atoms with Crippen molar-refractivity contribution in [1.29, 1.82) is 0 Å². The summed E-state index contributed by atoms with van der Waals surface area (Å²) >= 11 is 0. The van der Waals surface area contributed by atoms with Crippen LogP contribution in [-0.2, 0) is 4.79 Å². The van der Waals surface area contributed by atoms with E-state index in [2.05, 4.69) is 5.32 Å². The van der Waals surface area contributed by atoms with Crippen LogP contribution in [0.15, 0.2) is 42.5 Å². The number of para-hydroxylation sites is 2. The molecule has 6 heteroatoms. The minimum atomic E-state index is -0.669. The van der Waals surface area contributed by atoms with E-state index in [-0.39, 0.29) is 23.7 Å². The highest BCUT2D eigenvalue weighted by molar-refractivity contribution is 6.15. The maximum absolute atomic E-state index is 13.8. The van der Waals surface area contributed by atoms with Crippen LogP contribution in [0.4, 0.5) is 21.5 Å². The molecule has 1 aliphatic rings. The van der Waals surface area contributed by atoms with Crippen LogP contribution in [0.3, 0.4) is 0 Å². The van der Waals surface area contributed by atoms with Crippen molar-refractivity contribution in [3.05, 3.63) is 53.8 Å². The summed E-state index contributed by atoms with van der Waals surface area (Å²) in [7, 11) is 0. The third-order valence-corrected chi connectivity index (χ3v) is 3.24. The van der Waals surface area contributed by atoms with E-state index in [4.69, 9.17) is 5.73 Å². The molecule has 0 saturated heterocycles. The monoisotopic (exact) mass is 285 g/mol. The number of hydrogen-bond acceptors (Lipinski definition) is 3. The first-order valence-corrected chi connectivity index (χ1v) is 6.32. The van der Waals surface area contributed by atoms with Gasteiger partial charge in [-0.2, -0.15) is 0 Å². The summed E-state index contributed by atoms with van der Waals surface area (Å²) < 4.78 is 13.8. The molecule has 0 aliphatic carbocycles. The molecule has 0 saturated carbocycles. The molecule has 2 aromatic carbocycles. The molecule has 1 heterocycles. The lowest BCUT2D eigenvalue weighted by Crippen LogP contribution is -2.42. The number of nitrogens with one attached hydrogen (secondary N) is 1. The number of amides is 2. The lowest BCUT2D eigenvalue weighted by atomic mass is 10.1. The predicted molar refractivity (Wildman–Crippen MR) is 77.6 cm³/mol. The van der Waals surface area contributed by atoms with Gasteiger partial charge in [0.25, 0.3) is 5.91 Å². The topological polar surface area (TPSA) is 75.4 Å². The maximum Gasteiger partial charge on any atom is 0.261 e.